The summed E-state index contributed by atoms with van der Waals surface area (Å²) in [6.07, 6.45) is -4.43. The lowest BCUT2D eigenvalue weighted by molar-refractivity contribution is -0.137. The first-order valence-corrected chi connectivity index (χ1v) is 9.84. The molecule has 0 saturated carbocycles. The Bertz CT molecular complexity index is 1300. The number of alkyl halides is 3. The number of carbonyl (C=O) groups is 1. The number of fused-ring (bicyclic) bond motifs is 1. The second-order valence-corrected chi connectivity index (χ2v) is 8.43. The quantitative estimate of drug-likeness (QED) is 0.424. The molecular weight excluding hydrogens is 421 g/mol. The van der Waals surface area contributed by atoms with Gasteiger partial charge in [-0.2, -0.15) is 18.3 Å². The summed E-state index contributed by atoms with van der Waals surface area (Å²) in [6, 6.07) is 11.6. The molecule has 32 heavy (non-hydrogen) atoms. The van der Waals surface area contributed by atoms with Crippen molar-refractivity contribution in [2.75, 3.05) is 7.11 Å². The number of imidazole rings is 1. The first-order chi connectivity index (χ1) is 15.0. The van der Waals surface area contributed by atoms with Gasteiger partial charge in [-0.1, -0.05) is 32.9 Å². The van der Waals surface area contributed by atoms with E-state index in [4.69, 9.17) is 4.74 Å². The number of carbonyl (C=O) groups excluding carboxylic acids is 1. The van der Waals surface area contributed by atoms with E-state index in [1.807, 2.05) is 26.8 Å². The van der Waals surface area contributed by atoms with Gasteiger partial charge in [0.05, 0.1) is 29.3 Å². The van der Waals surface area contributed by atoms with Gasteiger partial charge in [0.2, 0.25) is 0 Å². The fourth-order valence-corrected chi connectivity index (χ4v) is 3.37. The Morgan fingerprint density at radius 1 is 1.03 bits per heavy atom. The fraction of sp³-hybridized carbons (Fsp3) is 0.261. The van der Waals surface area contributed by atoms with Crippen molar-refractivity contribution in [2.24, 2.45) is 0 Å². The molecule has 0 atom stereocenters. The van der Waals surface area contributed by atoms with Crippen molar-refractivity contribution in [1.82, 2.24) is 19.7 Å². The average Bonchev–Trinajstić information content (AvgIpc) is 3.36. The van der Waals surface area contributed by atoms with Crippen LogP contribution in [0.5, 0.6) is 0 Å². The van der Waals surface area contributed by atoms with E-state index in [1.54, 1.807) is 22.8 Å². The Labute approximate surface area is 182 Å². The van der Waals surface area contributed by atoms with Gasteiger partial charge < -0.3 is 4.74 Å². The van der Waals surface area contributed by atoms with Crippen molar-refractivity contribution in [3.8, 4) is 17.2 Å². The Hall–Kier alpha value is -3.62. The molecule has 2 aromatic carbocycles. The third-order valence-corrected chi connectivity index (χ3v) is 5.15. The van der Waals surface area contributed by atoms with Crippen LogP contribution in [-0.2, 0) is 16.3 Å². The molecule has 1 N–H and O–H groups in total. The Morgan fingerprint density at radius 2 is 1.72 bits per heavy atom. The third-order valence-electron chi connectivity index (χ3n) is 5.15. The monoisotopic (exact) mass is 442 g/mol. The number of hydrogen-bond acceptors (Lipinski definition) is 4. The van der Waals surface area contributed by atoms with Crippen molar-refractivity contribution >= 4 is 17.0 Å². The Kier molecular flexibility index (Phi) is 5.07. The summed E-state index contributed by atoms with van der Waals surface area (Å²) in [4.78, 5) is 16.6. The van der Waals surface area contributed by atoms with Crippen LogP contribution in [0.1, 0.15) is 42.4 Å². The summed E-state index contributed by atoms with van der Waals surface area (Å²) >= 11 is 0. The molecule has 0 amide bonds. The zero-order chi connectivity index (χ0) is 23.3. The standard InChI is InChI=1S/C23H21F3N4O2/c1-22(2,3)18-12-19(29-28-18)30-17-10-7-14(21(31)32-4)11-16(17)27-20(30)13-5-8-15(9-6-13)23(24,25)26/h5-12H,1-4H3,(H,28,29). The number of aromatic nitrogens is 4. The van der Waals surface area contributed by atoms with Crippen LogP contribution in [0, 0.1) is 0 Å². The second-order valence-electron chi connectivity index (χ2n) is 8.43. The summed E-state index contributed by atoms with van der Waals surface area (Å²) in [5, 5.41) is 7.44. The van der Waals surface area contributed by atoms with Crippen LogP contribution in [0.4, 0.5) is 13.2 Å². The van der Waals surface area contributed by atoms with Gasteiger partial charge in [-0.15, -0.1) is 0 Å². The van der Waals surface area contributed by atoms with Crippen LogP contribution in [0.15, 0.2) is 48.5 Å². The number of ether oxygens (including phenoxy) is 1. The summed E-state index contributed by atoms with van der Waals surface area (Å²) in [7, 11) is 1.29. The van der Waals surface area contributed by atoms with Gasteiger partial charge in [0.15, 0.2) is 5.82 Å². The Morgan fingerprint density at radius 3 is 2.28 bits per heavy atom. The number of rotatable bonds is 3. The highest BCUT2D eigenvalue weighted by Crippen LogP contribution is 2.33. The molecule has 0 aliphatic rings. The van der Waals surface area contributed by atoms with Crippen LogP contribution in [0.2, 0.25) is 0 Å². The lowest BCUT2D eigenvalue weighted by atomic mass is 9.92. The van der Waals surface area contributed by atoms with E-state index in [1.165, 1.54) is 19.2 Å². The molecule has 0 aliphatic carbocycles. The zero-order valence-electron chi connectivity index (χ0n) is 17.9. The van der Waals surface area contributed by atoms with Crippen molar-refractivity contribution in [2.45, 2.75) is 32.4 Å². The van der Waals surface area contributed by atoms with Crippen LogP contribution in [-0.4, -0.2) is 32.8 Å². The molecule has 2 heterocycles. The van der Waals surface area contributed by atoms with E-state index in [0.717, 1.165) is 17.8 Å². The van der Waals surface area contributed by atoms with E-state index in [9.17, 15) is 18.0 Å². The van der Waals surface area contributed by atoms with Crippen LogP contribution >= 0.6 is 0 Å². The lowest BCUT2D eigenvalue weighted by Crippen LogP contribution is -2.11. The summed E-state index contributed by atoms with van der Waals surface area (Å²) in [5.74, 6) is 0.438. The molecule has 6 nitrogen and oxygen atoms in total. The van der Waals surface area contributed by atoms with Crippen molar-refractivity contribution in [3.05, 3.63) is 65.4 Å². The molecule has 2 aromatic heterocycles. The Balaban J connectivity index is 1.93. The van der Waals surface area contributed by atoms with Gasteiger partial charge in [0.25, 0.3) is 0 Å². The first-order valence-electron chi connectivity index (χ1n) is 9.84. The SMILES string of the molecule is COC(=O)c1ccc2c(c1)nc(-c1ccc(C(F)(F)F)cc1)n2-c1cc(C(C)(C)C)[nH]n1. The topological polar surface area (TPSA) is 72.8 Å². The molecule has 0 bridgehead atoms. The molecule has 0 fully saturated rings. The van der Waals surface area contributed by atoms with E-state index >= 15 is 0 Å². The van der Waals surface area contributed by atoms with Gasteiger partial charge >= 0.3 is 12.1 Å². The number of halogens is 3. The number of aromatic amines is 1. The highest BCUT2D eigenvalue weighted by atomic mass is 19.4. The number of methoxy groups -OCH3 is 1. The number of benzene rings is 2. The minimum Gasteiger partial charge on any atom is -0.465 e. The third kappa shape index (κ3) is 3.86. The molecule has 4 aromatic rings. The number of nitrogens with one attached hydrogen (secondary N) is 1. The van der Waals surface area contributed by atoms with Crippen molar-refractivity contribution in [1.29, 1.82) is 0 Å². The zero-order valence-corrected chi connectivity index (χ0v) is 17.9. The predicted octanol–water partition coefficient (Wildman–Crippen LogP) is 5.52. The van der Waals surface area contributed by atoms with Gasteiger partial charge in [0.1, 0.15) is 5.82 Å². The number of hydrogen-bond donors (Lipinski definition) is 1. The average molecular weight is 442 g/mol. The highest BCUT2D eigenvalue weighted by molar-refractivity contribution is 5.94. The molecule has 0 radical (unpaired) electrons. The molecule has 0 unspecified atom stereocenters. The number of nitrogens with zero attached hydrogens (tertiary/aromatic N) is 3. The maximum absolute atomic E-state index is 13.0. The fourth-order valence-electron chi connectivity index (χ4n) is 3.37. The number of H-pyrrole nitrogens is 1. The van der Waals surface area contributed by atoms with E-state index in [0.29, 0.717) is 33.8 Å². The normalized spacial score (nSPS) is 12.3. The molecule has 166 valence electrons. The van der Waals surface area contributed by atoms with E-state index in [-0.39, 0.29) is 5.41 Å². The minimum absolute atomic E-state index is 0.186. The van der Waals surface area contributed by atoms with E-state index in [2.05, 4.69) is 15.2 Å². The first kappa shape index (κ1) is 21.6. The molecular formula is C23H21F3N4O2. The minimum atomic E-state index is -4.43. The van der Waals surface area contributed by atoms with Gasteiger partial charge in [-0.25, -0.2) is 9.78 Å². The maximum atomic E-state index is 13.0. The largest absolute Gasteiger partial charge is 0.465 e. The molecule has 0 saturated heterocycles. The summed E-state index contributed by atoms with van der Waals surface area (Å²) < 4.78 is 45.6. The van der Waals surface area contributed by atoms with Crippen molar-refractivity contribution < 1.29 is 22.7 Å². The molecule has 0 spiro atoms. The molecule has 9 heteroatoms. The molecule has 4 rings (SSSR count). The summed E-state index contributed by atoms with van der Waals surface area (Å²) in [5.41, 5.74) is 1.90. The maximum Gasteiger partial charge on any atom is 0.416 e. The second kappa shape index (κ2) is 7.51. The number of esters is 1. The van der Waals surface area contributed by atoms with Crippen LogP contribution in [0.25, 0.3) is 28.2 Å². The lowest BCUT2D eigenvalue weighted by Gasteiger charge is -2.14. The smallest absolute Gasteiger partial charge is 0.416 e. The summed E-state index contributed by atoms with van der Waals surface area (Å²) in [6.45, 7) is 6.11. The van der Waals surface area contributed by atoms with Crippen LogP contribution < -0.4 is 0 Å². The van der Waals surface area contributed by atoms with Crippen LogP contribution in [0.3, 0.4) is 0 Å². The van der Waals surface area contributed by atoms with Crippen molar-refractivity contribution in [3.63, 3.8) is 0 Å². The van der Waals surface area contributed by atoms with Gasteiger partial charge in [-0.05, 0) is 30.3 Å². The van der Waals surface area contributed by atoms with Gasteiger partial charge in [-0.3, -0.25) is 9.67 Å². The highest BCUT2D eigenvalue weighted by Gasteiger charge is 2.30. The van der Waals surface area contributed by atoms with E-state index < -0.39 is 17.7 Å². The van der Waals surface area contributed by atoms with Gasteiger partial charge in [0, 0.05) is 22.7 Å². The predicted molar refractivity (Wildman–Crippen MR) is 114 cm³/mol. The molecule has 0 aliphatic heterocycles.